The van der Waals surface area contributed by atoms with Gasteiger partial charge >= 0.3 is 0 Å². The van der Waals surface area contributed by atoms with E-state index in [1.807, 2.05) is 4.57 Å². The van der Waals surface area contributed by atoms with Gasteiger partial charge in [0.05, 0.1) is 5.39 Å². The van der Waals surface area contributed by atoms with Crippen molar-refractivity contribution in [1.82, 2.24) is 19.4 Å². The highest BCUT2D eigenvalue weighted by Crippen LogP contribution is 2.37. The van der Waals surface area contributed by atoms with Gasteiger partial charge in [-0.1, -0.05) is 12.1 Å². The van der Waals surface area contributed by atoms with E-state index in [1.54, 1.807) is 0 Å². The van der Waals surface area contributed by atoms with Crippen molar-refractivity contribution in [2.45, 2.75) is 44.4 Å². The van der Waals surface area contributed by atoms with E-state index in [-0.39, 0.29) is 23.8 Å². The normalized spacial score (nSPS) is 22.5. The molecule has 28 heavy (non-hydrogen) atoms. The molecular formula is C21H24FN5O. The van der Waals surface area contributed by atoms with Gasteiger partial charge in [-0.3, -0.25) is 0 Å². The number of aromatic nitrogens is 3. The summed E-state index contributed by atoms with van der Waals surface area (Å²) in [5.41, 5.74) is 9.09. The van der Waals surface area contributed by atoms with Crippen LogP contribution in [0.4, 0.5) is 10.2 Å². The van der Waals surface area contributed by atoms with E-state index in [4.69, 9.17) is 10.5 Å². The topological polar surface area (TPSA) is 69.2 Å². The molecule has 0 radical (unpaired) electrons. The smallest absolute Gasteiger partial charge is 0.154 e. The molecule has 1 aromatic carbocycles. The first kappa shape index (κ1) is 17.4. The maximum atomic E-state index is 14.4. The maximum Gasteiger partial charge on any atom is 0.154 e. The number of anilines is 1. The molecular weight excluding hydrogens is 357 g/mol. The fourth-order valence-corrected chi connectivity index (χ4v) is 4.62. The van der Waals surface area contributed by atoms with E-state index in [0.717, 1.165) is 44.5 Å². The third-order valence-corrected chi connectivity index (χ3v) is 6.05. The van der Waals surface area contributed by atoms with Gasteiger partial charge in [0.2, 0.25) is 0 Å². The Bertz CT molecular complexity index is 1030. The highest BCUT2D eigenvalue weighted by Gasteiger charge is 2.30. The zero-order valence-electron chi connectivity index (χ0n) is 15.9. The number of nitrogens with two attached hydrogens (primary N) is 1. The summed E-state index contributed by atoms with van der Waals surface area (Å²) in [7, 11) is 2.15. The minimum Gasteiger partial charge on any atom is -0.490 e. The fraction of sp³-hybridized carbons (Fsp3) is 0.429. The molecule has 2 aliphatic rings. The highest BCUT2D eigenvalue weighted by atomic mass is 19.1. The first-order chi connectivity index (χ1) is 13.6. The van der Waals surface area contributed by atoms with Crippen molar-refractivity contribution in [1.29, 1.82) is 0 Å². The summed E-state index contributed by atoms with van der Waals surface area (Å²) in [4.78, 5) is 10.5. The van der Waals surface area contributed by atoms with Gasteiger partial charge in [0.15, 0.2) is 5.82 Å². The molecule has 1 fully saturated rings. The molecule has 1 aliphatic carbocycles. The lowest BCUT2D eigenvalue weighted by Gasteiger charge is -2.27. The third kappa shape index (κ3) is 2.90. The Kier molecular flexibility index (Phi) is 4.19. The van der Waals surface area contributed by atoms with E-state index in [2.05, 4.69) is 40.1 Å². The molecule has 0 bridgehead atoms. The molecule has 2 aromatic heterocycles. The lowest BCUT2D eigenvalue weighted by Crippen LogP contribution is -2.27. The van der Waals surface area contributed by atoms with Crippen LogP contribution < -0.4 is 10.5 Å². The molecule has 2 atom stereocenters. The third-order valence-electron chi connectivity index (χ3n) is 6.05. The largest absolute Gasteiger partial charge is 0.490 e. The van der Waals surface area contributed by atoms with Gasteiger partial charge in [-0.15, -0.1) is 0 Å². The Balaban J connectivity index is 1.37. The van der Waals surface area contributed by atoms with Crippen LogP contribution >= 0.6 is 0 Å². The molecule has 0 spiro atoms. The number of fused-ring (bicyclic) bond motifs is 2. The van der Waals surface area contributed by atoms with Gasteiger partial charge in [0, 0.05) is 31.7 Å². The number of nitrogen functional groups attached to an aromatic ring is 1. The summed E-state index contributed by atoms with van der Waals surface area (Å²) in [6.45, 7) is 2.02. The fourth-order valence-electron chi connectivity index (χ4n) is 4.62. The predicted octanol–water partition coefficient (Wildman–Crippen LogP) is 3.31. The molecule has 3 heterocycles. The van der Waals surface area contributed by atoms with Crippen LogP contribution in [-0.2, 0) is 13.0 Å². The minimum absolute atomic E-state index is 0.121. The van der Waals surface area contributed by atoms with Crippen LogP contribution in [0.15, 0.2) is 30.7 Å². The molecule has 3 aromatic rings. The number of hydrogen-bond donors (Lipinski definition) is 1. The number of nitrogens with zero attached hydrogens (tertiary/aromatic N) is 4. The Labute approximate surface area is 163 Å². The molecule has 0 amide bonds. The summed E-state index contributed by atoms with van der Waals surface area (Å²) >= 11 is 0. The first-order valence-corrected chi connectivity index (χ1v) is 9.82. The van der Waals surface area contributed by atoms with Crippen LogP contribution in [0.3, 0.4) is 0 Å². The van der Waals surface area contributed by atoms with E-state index in [1.165, 1.54) is 23.7 Å². The van der Waals surface area contributed by atoms with Crippen molar-refractivity contribution in [2.75, 3.05) is 19.3 Å². The summed E-state index contributed by atoms with van der Waals surface area (Å²) in [6.07, 6.45) is 6.73. The van der Waals surface area contributed by atoms with Gasteiger partial charge in [0.1, 0.15) is 29.6 Å². The standard InChI is InChI=1S/C21H24FN5O/c1-26-8-7-16-13(10-26)3-2-4-18(16)28-15-6-5-14(9-15)27-11-17(22)19-20(23)24-12-25-21(19)27/h2-4,11-12,14-15H,5-10H2,1H3,(H2,23,24,25). The average Bonchev–Trinajstić information content (AvgIpc) is 3.27. The van der Waals surface area contributed by atoms with Crippen LogP contribution in [-0.4, -0.2) is 39.1 Å². The zero-order valence-corrected chi connectivity index (χ0v) is 15.9. The van der Waals surface area contributed by atoms with Crippen molar-refractivity contribution in [2.24, 2.45) is 0 Å². The molecule has 2 N–H and O–H groups in total. The summed E-state index contributed by atoms with van der Waals surface area (Å²) < 4.78 is 22.7. The van der Waals surface area contributed by atoms with Crippen molar-refractivity contribution < 1.29 is 9.13 Å². The number of halogens is 1. The Morgan fingerprint density at radius 1 is 1.25 bits per heavy atom. The number of hydrogen-bond acceptors (Lipinski definition) is 5. The monoisotopic (exact) mass is 381 g/mol. The van der Waals surface area contributed by atoms with Crippen molar-refractivity contribution >= 4 is 16.9 Å². The first-order valence-electron chi connectivity index (χ1n) is 9.82. The van der Waals surface area contributed by atoms with Crippen molar-refractivity contribution in [3.63, 3.8) is 0 Å². The van der Waals surface area contributed by atoms with Gasteiger partial charge in [-0.25, -0.2) is 14.4 Å². The lowest BCUT2D eigenvalue weighted by molar-refractivity contribution is 0.199. The van der Waals surface area contributed by atoms with Crippen LogP contribution in [0.5, 0.6) is 5.75 Å². The van der Waals surface area contributed by atoms with Crippen LogP contribution in [0.25, 0.3) is 11.0 Å². The van der Waals surface area contributed by atoms with E-state index >= 15 is 0 Å². The Morgan fingerprint density at radius 2 is 2.14 bits per heavy atom. The number of rotatable bonds is 3. The molecule has 2 unspecified atom stereocenters. The summed E-state index contributed by atoms with van der Waals surface area (Å²) in [5, 5.41) is 0.313. The van der Waals surface area contributed by atoms with Gasteiger partial charge < -0.3 is 19.9 Å². The van der Waals surface area contributed by atoms with E-state index in [0.29, 0.717) is 11.0 Å². The molecule has 0 saturated heterocycles. The van der Waals surface area contributed by atoms with Crippen LogP contribution in [0.1, 0.15) is 36.4 Å². The van der Waals surface area contributed by atoms with E-state index in [9.17, 15) is 4.39 Å². The highest BCUT2D eigenvalue weighted by molar-refractivity contribution is 5.86. The Morgan fingerprint density at radius 3 is 3.04 bits per heavy atom. The van der Waals surface area contributed by atoms with Gasteiger partial charge in [-0.2, -0.15) is 0 Å². The quantitative estimate of drug-likeness (QED) is 0.754. The van der Waals surface area contributed by atoms with Crippen LogP contribution in [0.2, 0.25) is 0 Å². The van der Waals surface area contributed by atoms with Gasteiger partial charge in [-0.05, 0) is 43.5 Å². The lowest BCUT2D eigenvalue weighted by atomic mass is 9.99. The number of benzene rings is 1. The summed E-state index contributed by atoms with van der Waals surface area (Å²) in [6, 6.07) is 6.50. The van der Waals surface area contributed by atoms with Crippen molar-refractivity contribution in [3.8, 4) is 5.75 Å². The predicted molar refractivity (Wildman–Crippen MR) is 106 cm³/mol. The molecule has 5 rings (SSSR count). The molecule has 6 nitrogen and oxygen atoms in total. The number of ether oxygens (including phenoxy) is 1. The molecule has 1 saturated carbocycles. The molecule has 1 aliphatic heterocycles. The second kappa shape index (κ2) is 6.74. The summed E-state index contributed by atoms with van der Waals surface area (Å²) in [5.74, 6) is 0.831. The number of likely N-dealkylation sites (N-methyl/N-ethyl adjacent to an activating group) is 1. The average molecular weight is 381 g/mol. The molecule has 7 heteroatoms. The SMILES string of the molecule is CN1CCc2c(cccc2OC2CCC(n3cc(F)c4c(N)ncnc43)C2)C1. The second-order valence-electron chi connectivity index (χ2n) is 7.93. The second-order valence-corrected chi connectivity index (χ2v) is 7.93. The van der Waals surface area contributed by atoms with Crippen molar-refractivity contribution in [3.05, 3.63) is 47.7 Å². The Hall–Kier alpha value is -2.67. The van der Waals surface area contributed by atoms with E-state index < -0.39 is 0 Å². The zero-order chi connectivity index (χ0) is 19.3. The maximum absolute atomic E-state index is 14.4. The minimum atomic E-state index is -0.362. The molecule has 146 valence electrons. The van der Waals surface area contributed by atoms with Crippen LogP contribution in [0, 0.1) is 5.82 Å². The van der Waals surface area contributed by atoms with Gasteiger partial charge in [0.25, 0.3) is 0 Å².